The van der Waals surface area contributed by atoms with E-state index in [1.807, 2.05) is 4.90 Å². The highest BCUT2D eigenvalue weighted by Crippen LogP contribution is 2.31. The molecule has 0 bridgehead atoms. The fourth-order valence-corrected chi connectivity index (χ4v) is 3.52. The van der Waals surface area contributed by atoms with Crippen LogP contribution >= 0.6 is 0 Å². The van der Waals surface area contributed by atoms with Gasteiger partial charge in [-0.1, -0.05) is 0 Å². The van der Waals surface area contributed by atoms with Crippen LogP contribution in [0, 0.1) is 5.82 Å². The van der Waals surface area contributed by atoms with Gasteiger partial charge in [0.1, 0.15) is 11.4 Å². The quantitative estimate of drug-likeness (QED) is 0.312. The first-order valence-electron chi connectivity index (χ1n) is 11.0. The van der Waals surface area contributed by atoms with Crippen molar-refractivity contribution in [3.63, 3.8) is 0 Å². The molecule has 1 unspecified atom stereocenters. The number of nitrogens with one attached hydrogen (secondary N) is 2. The SMILES string of the molecule is CC(CCCN(C)/C=C\c1cc(-c2ncccn2)c(F)cc1C=O)Nc1cn[nH]c(=O)c1C(F)(F)F. The molecule has 3 rings (SSSR count). The maximum atomic E-state index is 14.4. The average molecular weight is 504 g/mol. The molecule has 0 amide bonds. The van der Waals surface area contributed by atoms with Gasteiger partial charge in [0.2, 0.25) is 0 Å². The molecule has 0 aliphatic carbocycles. The van der Waals surface area contributed by atoms with Gasteiger partial charge in [0.15, 0.2) is 12.1 Å². The summed E-state index contributed by atoms with van der Waals surface area (Å²) in [4.78, 5) is 32.9. The topological polar surface area (TPSA) is 104 Å². The number of aromatic nitrogens is 4. The van der Waals surface area contributed by atoms with Gasteiger partial charge in [-0.15, -0.1) is 0 Å². The van der Waals surface area contributed by atoms with Crippen LogP contribution in [0.15, 0.2) is 47.8 Å². The van der Waals surface area contributed by atoms with Gasteiger partial charge in [-0.25, -0.2) is 19.5 Å². The molecule has 2 aromatic heterocycles. The molecule has 0 spiro atoms. The first kappa shape index (κ1) is 26.5. The van der Waals surface area contributed by atoms with E-state index in [0.29, 0.717) is 31.2 Å². The van der Waals surface area contributed by atoms with Crippen LogP contribution < -0.4 is 10.9 Å². The summed E-state index contributed by atoms with van der Waals surface area (Å²) in [6.07, 6.45) is 4.17. The van der Waals surface area contributed by atoms with Gasteiger partial charge < -0.3 is 10.2 Å². The number of halogens is 4. The average Bonchev–Trinajstić information content (AvgIpc) is 2.82. The van der Waals surface area contributed by atoms with Crippen LogP contribution in [0.2, 0.25) is 0 Å². The molecule has 2 heterocycles. The zero-order chi connectivity index (χ0) is 26.3. The van der Waals surface area contributed by atoms with E-state index >= 15 is 0 Å². The number of aldehydes is 1. The number of hydrogen-bond acceptors (Lipinski definition) is 7. The minimum atomic E-state index is -4.81. The first-order chi connectivity index (χ1) is 17.1. The Kier molecular flexibility index (Phi) is 8.51. The van der Waals surface area contributed by atoms with Crippen LogP contribution in [0.4, 0.5) is 23.2 Å². The Hall–Kier alpha value is -4.09. The van der Waals surface area contributed by atoms with Crippen molar-refractivity contribution in [1.82, 2.24) is 25.1 Å². The third kappa shape index (κ3) is 6.74. The number of carbonyl (C=O) groups is 1. The van der Waals surface area contributed by atoms with E-state index in [4.69, 9.17) is 0 Å². The Morgan fingerprint density at radius 2 is 1.92 bits per heavy atom. The van der Waals surface area contributed by atoms with E-state index in [2.05, 4.69) is 20.4 Å². The van der Waals surface area contributed by atoms with Crippen LogP contribution in [-0.2, 0) is 6.18 Å². The lowest BCUT2D eigenvalue weighted by molar-refractivity contribution is -0.138. The van der Waals surface area contributed by atoms with E-state index < -0.39 is 23.1 Å². The van der Waals surface area contributed by atoms with E-state index in [0.717, 1.165) is 12.3 Å². The van der Waals surface area contributed by atoms with E-state index in [-0.39, 0.29) is 28.7 Å². The fraction of sp³-hybridized carbons (Fsp3) is 0.292. The number of alkyl halides is 3. The van der Waals surface area contributed by atoms with Crippen LogP contribution in [0.5, 0.6) is 0 Å². The summed E-state index contributed by atoms with van der Waals surface area (Å²) in [5, 5.41) is 7.95. The molecule has 12 heteroatoms. The first-order valence-corrected chi connectivity index (χ1v) is 11.0. The molecule has 1 aromatic carbocycles. The number of nitrogens with zero attached hydrogens (tertiary/aromatic N) is 4. The van der Waals surface area contributed by atoms with E-state index in [1.54, 1.807) is 37.4 Å². The highest BCUT2D eigenvalue weighted by molar-refractivity contribution is 5.84. The Balaban J connectivity index is 1.61. The minimum absolute atomic E-state index is 0.163. The Bertz CT molecular complexity index is 1280. The molecule has 3 aromatic rings. The third-order valence-corrected chi connectivity index (χ3v) is 5.30. The molecular weight excluding hydrogens is 480 g/mol. The van der Waals surface area contributed by atoms with Crippen molar-refractivity contribution >= 4 is 18.0 Å². The van der Waals surface area contributed by atoms with Gasteiger partial charge in [-0.2, -0.15) is 18.3 Å². The minimum Gasteiger partial charge on any atom is -0.381 e. The molecule has 0 radical (unpaired) electrons. The Morgan fingerprint density at radius 3 is 2.58 bits per heavy atom. The lowest BCUT2D eigenvalue weighted by atomic mass is 10.0. The number of H-pyrrole nitrogens is 1. The predicted molar refractivity (Wildman–Crippen MR) is 127 cm³/mol. The van der Waals surface area contributed by atoms with Crippen LogP contribution in [-0.4, -0.2) is 51.0 Å². The summed E-state index contributed by atoms with van der Waals surface area (Å²) in [5.41, 5.74) is -2.17. The van der Waals surface area contributed by atoms with Crippen molar-refractivity contribution in [3.8, 4) is 11.4 Å². The normalized spacial score (nSPS) is 12.5. The second-order valence-corrected chi connectivity index (χ2v) is 8.12. The summed E-state index contributed by atoms with van der Waals surface area (Å²) in [5.74, 6) is -0.416. The Morgan fingerprint density at radius 1 is 1.19 bits per heavy atom. The lowest BCUT2D eigenvalue weighted by Crippen LogP contribution is -2.27. The monoisotopic (exact) mass is 504 g/mol. The Labute approximate surface area is 204 Å². The van der Waals surface area contributed by atoms with Gasteiger partial charge in [-0.05, 0) is 55.8 Å². The number of carbonyl (C=O) groups excluding carboxylic acids is 1. The molecule has 8 nitrogen and oxygen atoms in total. The van der Waals surface area contributed by atoms with Crippen molar-refractivity contribution in [2.24, 2.45) is 0 Å². The second kappa shape index (κ2) is 11.6. The smallest absolute Gasteiger partial charge is 0.381 e. The van der Waals surface area contributed by atoms with Crippen molar-refractivity contribution in [2.75, 3.05) is 18.9 Å². The largest absolute Gasteiger partial charge is 0.423 e. The second-order valence-electron chi connectivity index (χ2n) is 8.12. The van der Waals surface area contributed by atoms with Gasteiger partial charge in [0.25, 0.3) is 5.56 Å². The highest BCUT2D eigenvalue weighted by Gasteiger charge is 2.37. The van der Waals surface area contributed by atoms with Gasteiger partial charge in [0.05, 0.1) is 17.4 Å². The number of benzene rings is 1. The van der Waals surface area contributed by atoms with Crippen molar-refractivity contribution in [2.45, 2.75) is 32.0 Å². The third-order valence-electron chi connectivity index (χ3n) is 5.30. The predicted octanol–water partition coefficient (Wildman–Crippen LogP) is 4.38. The highest BCUT2D eigenvalue weighted by atomic mass is 19.4. The molecule has 190 valence electrons. The van der Waals surface area contributed by atoms with Gasteiger partial charge in [-0.3, -0.25) is 9.59 Å². The molecule has 2 N–H and O–H groups in total. The maximum Gasteiger partial charge on any atom is 0.423 e. The van der Waals surface area contributed by atoms with Crippen molar-refractivity contribution < 1.29 is 22.4 Å². The van der Waals surface area contributed by atoms with Crippen LogP contribution in [0.1, 0.15) is 41.3 Å². The maximum absolute atomic E-state index is 14.4. The number of rotatable bonds is 10. The van der Waals surface area contributed by atoms with Crippen molar-refractivity contribution in [3.05, 3.63) is 75.9 Å². The summed E-state index contributed by atoms with van der Waals surface area (Å²) in [6, 6.07) is 3.88. The summed E-state index contributed by atoms with van der Waals surface area (Å²) in [6.45, 7) is 2.26. The molecule has 0 fully saturated rings. The molecule has 0 aliphatic rings. The molecular formula is C24H24F4N6O2. The summed E-state index contributed by atoms with van der Waals surface area (Å²) in [7, 11) is 1.79. The molecule has 0 saturated heterocycles. The van der Waals surface area contributed by atoms with Crippen LogP contribution in [0.25, 0.3) is 17.5 Å². The van der Waals surface area contributed by atoms with E-state index in [9.17, 15) is 27.2 Å². The standard InChI is InChI=1S/C24H24F4N6O2/c1-15(32-20-13-31-33-23(36)21(20)24(26,27)28)5-3-9-34(2)10-6-16-11-18(19(25)12-17(16)14-35)22-29-7-4-8-30-22/h4,6-8,10-15H,3,5,9H2,1-2H3,(H2,32,33,36)/b10-6-. The molecule has 36 heavy (non-hydrogen) atoms. The molecule has 0 aliphatic heterocycles. The van der Waals surface area contributed by atoms with Crippen LogP contribution in [0.3, 0.4) is 0 Å². The number of aromatic amines is 1. The summed E-state index contributed by atoms with van der Waals surface area (Å²) < 4.78 is 54.0. The number of anilines is 1. The fourth-order valence-electron chi connectivity index (χ4n) is 3.52. The molecule has 0 saturated carbocycles. The van der Waals surface area contributed by atoms with Gasteiger partial charge >= 0.3 is 6.18 Å². The summed E-state index contributed by atoms with van der Waals surface area (Å²) >= 11 is 0. The zero-order valence-electron chi connectivity index (χ0n) is 19.5. The zero-order valence-corrected chi connectivity index (χ0v) is 19.5. The van der Waals surface area contributed by atoms with E-state index in [1.165, 1.54) is 18.5 Å². The number of hydrogen-bond donors (Lipinski definition) is 2. The van der Waals surface area contributed by atoms with Crippen molar-refractivity contribution in [1.29, 1.82) is 0 Å². The molecule has 1 atom stereocenters. The lowest BCUT2D eigenvalue weighted by Gasteiger charge is -2.20. The van der Waals surface area contributed by atoms with Gasteiger partial charge in [0, 0.05) is 37.6 Å².